The Labute approximate surface area is 217 Å². The number of amides is 1. The van der Waals surface area contributed by atoms with E-state index < -0.39 is 60.5 Å². The van der Waals surface area contributed by atoms with Crippen molar-refractivity contribution in [3.05, 3.63) is 19.0 Å². The predicted octanol–water partition coefficient (Wildman–Crippen LogP) is -1.95. The Hall–Kier alpha value is -2.35. The SMILES string of the molecule is C=CC(=O)NCCOc1nc(N)nc2c1ncn2[C@@H]1O[C@H](COP(=O)(O)OP(=O)(O)OP(=O)(O)O)[C@@H](O)[C@H]1O. The van der Waals surface area contributed by atoms with Crippen LogP contribution < -0.4 is 15.8 Å². The smallest absolute Gasteiger partial charge is 0.474 e. The summed E-state index contributed by atoms with van der Waals surface area (Å²) in [5.41, 5.74) is 5.77. The number of hydrogen-bond acceptors (Lipinski definition) is 15. The highest BCUT2D eigenvalue weighted by atomic mass is 31.3. The van der Waals surface area contributed by atoms with Crippen molar-refractivity contribution in [3.8, 4) is 5.88 Å². The Bertz CT molecular complexity index is 1370. The summed E-state index contributed by atoms with van der Waals surface area (Å²) in [4.78, 5) is 59.2. The number of nitrogens with two attached hydrogens (primary N) is 1. The number of aliphatic hydroxyl groups excluding tert-OH is 2. The van der Waals surface area contributed by atoms with Gasteiger partial charge in [-0.2, -0.15) is 18.6 Å². The minimum atomic E-state index is -5.76. The van der Waals surface area contributed by atoms with Gasteiger partial charge in [-0.25, -0.2) is 18.7 Å². The number of carbonyl (C=O) groups excluding carboxylic acids is 1. The van der Waals surface area contributed by atoms with Crippen molar-refractivity contribution in [2.24, 2.45) is 0 Å². The van der Waals surface area contributed by atoms with Gasteiger partial charge in [-0.1, -0.05) is 6.58 Å². The molecule has 21 nitrogen and oxygen atoms in total. The topological polar surface area (TPSA) is 317 Å². The molecule has 1 aliphatic heterocycles. The molecule has 3 heterocycles. The zero-order chi connectivity index (χ0) is 29.2. The van der Waals surface area contributed by atoms with Crippen LogP contribution in [-0.2, 0) is 36.4 Å². The Morgan fingerprint density at radius 2 is 1.85 bits per heavy atom. The molecule has 1 saturated heterocycles. The van der Waals surface area contributed by atoms with Crippen LogP contribution in [0.2, 0.25) is 0 Å². The molecule has 3 rings (SSSR count). The number of anilines is 1. The van der Waals surface area contributed by atoms with Crippen LogP contribution in [-0.4, -0.2) is 93.3 Å². The van der Waals surface area contributed by atoms with Crippen molar-refractivity contribution in [1.29, 1.82) is 0 Å². The van der Waals surface area contributed by atoms with Gasteiger partial charge >= 0.3 is 23.5 Å². The van der Waals surface area contributed by atoms with Crippen LogP contribution in [0.5, 0.6) is 5.88 Å². The van der Waals surface area contributed by atoms with E-state index in [4.69, 9.17) is 25.0 Å². The van der Waals surface area contributed by atoms with Crippen LogP contribution >= 0.6 is 23.5 Å². The number of fused-ring (bicyclic) bond motifs is 1. The average Bonchev–Trinajstić information content (AvgIpc) is 3.33. The van der Waals surface area contributed by atoms with Crippen molar-refractivity contribution in [2.75, 3.05) is 25.5 Å². The van der Waals surface area contributed by atoms with Crippen LogP contribution in [0.1, 0.15) is 6.23 Å². The lowest BCUT2D eigenvalue weighted by molar-refractivity contribution is -0.116. The molecule has 0 saturated carbocycles. The van der Waals surface area contributed by atoms with Crippen LogP contribution in [0.3, 0.4) is 0 Å². The maximum absolute atomic E-state index is 11.9. The number of nitrogens with one attached hydrogen (secondary N) is 1. The third kappa shape index (κ3) is 8.32. The van der Waals surface area contributed by atoms with Crippen LogP contribution in [0.15, 0.2) is 19.0 Å². The molecule has 2 aromatic heterocycles. The molecule has 24 heteroatoms. The molecule has 0 bridgehead atoms. The molecule has 9 N–H and O–H groups in total. The zero-order valence-corrected chi connectivity index (χ0v) is 22.0. The Balaban J connectivity index is 1.71. The van der Waals surface area contributed by atoms with E-state index in [1.165, 1.54) is 0 Å². The molecule has 218 valence electrons. The van der Waals surface area contributed by atoms with E-state index in [9.17, 15) is 38.5 Å². The maximum Gasteiger partial charge on any atom is 0.490 e. The number of nitrogen functional groups attached to an aromatic ring is 1. The molecule has 0 spiro atoms. The number of rotatable bonds is 13. The first-order valence-electron chi connectivity index (χ1n) is 10.3. The highest BCUT2D eigenvalue weighted by molar-refractivity contribution is 7.66. The van der Waals surface area contributed by atoms with Gasteiger partial charge in [-0.3, -0.25) is 13.9 Å². The Morgan fingerprint density at radius 1 is 1.15 bits per heavy atom. The highest BCUT2D eigenvalue weighted by Gasteiger charge is 2.47. The molecule has 39 heavy (non-hydrogen) atoms. The fourth-order valence-electron chi connectivity index (χ4n) is 3.16. The largest absolute Gasteiger partial charge is 0.490 e. The molecule has 1 fully saturated rings. The first kappa shape index (κ1) is 31.2. The third-order valence-corrected chi connectivity index (χ3v) is 8.46. The standard InChI is InChI=1S/C15H23N6O15P3/c1-2-8(22)17-3-4-32-13-9-12(19-15(16)20-13)21(6-18-9)14-11(24)10(23)7(34-14)5-33-38(28,29)36-39(30,31)35-37(25,26)27/h2,6-7,10-11,14,23-24H,1,3-5H2,(H,17,22)(H,28,29)(H,30,31)(H2,16,19,20)(H2,25,26,27)/t7-,10-,11-,14-/m1/s1. The number of aromatic nitrogens is 4. The molecule has 2 unspecified atom stereocenters. The van der Waals surface area contributed by atoms with Gasteiger partial charge in [0, 0.05) is 0 Å². The van der Waals surface area contributed by atoms with Gasteiger partial charge < -0.3 is 50.3 Å². The first-order chi connectivity index (χ1) is 18.0. The van der Waals surface area contributed by atoms with E-state index in [1.807, 2.05) is 0 Å². The summed E-state index contributed by atoms with van der Waals surface area (Å²) >= 11 is 0. The molecular weight excluding hydrogens is 597 g/mol. The predicted molar refractivity (Wildman–Crippen MR) is 124 cm³/mol. The van der Waals surface area contributed by atoms with Gasteiger partial charge in [-0.15, -0.1) is 0 Å². The molecule has 6 atom stereocenters. The number of aliphatic hydroxyl groups is 2. The summed E-state index contributed by atoms with van der Waals surface area (Å²) in [6.45, 7) is 2.34. The van der Waals surface area contributed by atoms with Gasteiger partial charge in [-0.05, 0) is 6.08 Å². The lowest BCUT2D eigenvalue weighted by atomic mass is 10.1. The molecule has 0 aliphatic carbocycles. The molecule has 0 radical (unpaired) electrons. The quantitative estimate of drug-likeness (QED) is 0.0685. The monoisotopic (exact) mass is 620 g/mol. The molecule has 0 aromatic carbocycles. The van der Waals surface area contributed by atoms with Gasteiger partial charge in [0.15, 0.2) is 17.4 Å². The highest BCUT2D eigenvalue weighted by Crippen LogP contribution is 2.66. The van der Waals surface area contributed by atoms with Crippen molar-refractivity contribution in [1.82, 2.24) is 24.8 Å². The summed E-state index contributed by atoms with van der Waals surface area (Å²) < 4.78 is 57.8. The fraction of sp³-hybridized carbons (Fsp3) is 0.467. The number of ether oxygens (including phenoxy) is 2. The molecule has 1 aliphatic rings. The fourth-order valence-corrected chi connectivity index (χ4v) is 6.19. The zero-order valence-electron chi connectivity index (χ0n) is 19.4. The number of imidazole rings is 1. The molecule has 2 aromatic rings. The van der Waals surface area contributed by atoms with E-state index in [0.29, 0.717) is 0 Å². The van der Waals surface area contributed by atoms with Crippen LogP contribution in [0.25, 0.3) is 11.2 Å². The second kappa shape index (κ2) is 12.0. The van der Waals surface area contributed by atoms with Crippen LogP contribution in [0.4, 0.5) is 5.95 Å². The number of hydrogen-bond donors (Lipinski definition) is 8. The van der Waals surface area contributed by atoms with Gasteiger partial charge in [0.05, 0.1) is 19.5 Å². The minimum absolute atomic E-state index is 0.0163. The van der Waals surface area contributed by atoms with E-state index >= 15 is 0 Å². The van der Waals surface area contributed by atoms with Gasteiger partial charge in [0.2, 0.25) is 17.7 Å². The third-order valence-electron chi connectivity index (χ3n) is 4.66. The van der Waals surface area contributed by atoms with Gasteiger partial charge in [0.1, 0.15) is 24.9 Å². The Morgan fingerprint density at radius 3 is 2.49 bits per heavy atom. The molecule has 1 amide bonds. The molecular formula is C15H23N6O15P3. The van der Waals surface area contributed by atoms with Crippen molar-refractivity contribution in [3.63, 3.8) is 0 Å². The second-order valence-electron chi connectivity index (χ2n) is 7.49. The number of phosphoric acid groups is 3. The summed E-state index contributed by atoms with van der Waals surface area (Å²) in [7, 11) is -16.9. The second-order valence-corrected chi connectivity index (χ2v) is 11.9. The summed E-state index contributed by atoms with van der Waals surface area (Å²) in [6, 6.07) is 0. The summed E-state index contributed by atoms with van der Waals surface area (Å²) in [5.74, 6) is -0.781. The van der Waals surface area contributed by atoms with Crippen molar-refractivity contribution < 1.29 is 70.9 Å². The van der Waals surface area contributed by atoms with Crippen molar-refractivity contribution >= 4 is 46.5 Å². The van der Waals surface area contributed by atoms with Gasteiger partial charge in [0.25, 0.3) is 0 Å². The lowest BCUT2D eigenvalue weighted by Gasteiger charge is -2.19. The number of nitrogens with zero attached hydrogens (tertiary/aromatic N) is 4. The van der Waals surface area contributed by atoms with E-state index in [1.54, 1.807) is 0 Å². The average molecular weight is 620 g/mol. The number of carbonyl (C=O) groups is 1. The normalized spacial score (nSPS) is 24.7. The van der Waals surface area contributed by atoms with E-state index in [2.05, 4.69) is 40.0 Å². The first-order valence-corrected chi connectivity index (χ1v) is 14.9. The maximum atomic E-state index is 11.9. The Kier molecular flexibility index (Phi) is 9.62. The van der Waals surface area contributed by atoms with E-state index in [0.717, 1.165) is 17.0 Å². The number of phosphoric ester groups is 1. The van der Waals surface area contributed by atoms with E-state index in [-0.39, 0.29) is 36.1 Å². The van der Waals surface area contributed by atoms with Crippen molar-refractivity contribution in [2.45, 2.75) is 24.5 Å². The lowest BCUT2D eigenvalue weighted by Crippen LogP contribution is -2.33. The summed E-state index contributed by atoms with van der Waals surface area (Å²) in [5, 5.41) is 23.3. The minimum Gasteiger partial charge on any atom is -0.474 e. The summed E-state index contributed by atoms with van der Waals surface area (Å²) in [6.07, 6.45) is -4.23. The van der Waals surface area contributed by atoms with Crippen LogP contribution in [0, 0.1) is 0 Å².